The monoisotopic (exact) mass is 204 g/mol. The van der Waals surface area contributed by atoms with Crippen molar-refractivity contribution < 1.29 is 18.3 Å². The first-order valence-corrected chi connectivity index (χ1v) is 4.32. The summed E-state index contributed by atoms with van der Waals surface area (Å²) in [5.74, 6) is -3.03. The lowest BCUT2D eigenvalue weighted by molar-refractivity contribution is 0.184. The van der Waals surface area contributed by atoms with Gasteiger partial charge in [-0.2, -0.15) is 0 Å². The van der Waals surface area contributed by atoms with Crippen molar-refractivity contribution >= 4 is 0 Å². The third-order valence-electron chi connectivity index (χ3n) is 1.92. The van der Waals surface area contributed by atoms with E-state index in [-0.39, 0.29) is 12.0 Å². The molecule has 1 rings (SSSR count). The van der Waals surface area contributed by atoms with Gasteiger partial charge < -0.3 is 5.11 Å². The summed E-state index contributed by atoms with van der Waals surface area (Å²) in [7, 11) is 0. The Kier molecular flexibility index (Phi) is 3.52. The standard InChI is InChI=1S/C10H11F3O/c1-6(14)2-3-7-4-9(12)10(13)5-8(7)11/h4-6,14H,2-3H2,1H3. The van der Waals surface area contributed by atoms with Crippen LogP contribution in [0.5, 0.6) is 0 Å². The van der Waals surface area contributed by atoms with Crippen molar-refractivity contribution in [2.45, 2.75) is 25.9 Å². The van der Waals surface area contributed by atoms with E-state index in [4.69, 9.17) is 5.11 Å². The summed E-state index contributed by atoms with van der Waals surface area (Å²) >= 11 is 0. The van der Waals surface area contributed by atoms with E-state index in [1.54, 1.807) is 6.92 Å². The molecular weight excluding hydrogens is 193 g/mol. The Bertz CT molecular complexity index is 323. The molecule has 0 saturated heterocycles. The normalized spacial score (nSPS) is 12.9. The first kappa shape index (κ1) is 11.0. The van der Waals surface area contributed by atoms with E-state index in [0.29, 0.717) is 12.5 Å². The summed E-state index contributed by atoms with van der Waals surface area (Å²) in [5, 5.41) is 8.94. The molecule has 0 fully saturated rings. The fourth-order valence-corrected chi connectivity index (χ4v) is 1.12. The number of aliphatic hydroxyl groups is 1. The van der Waals surface area contributed by atoms with Crippen LogP contribution in [0.1, 0.15) is 18.9 Å². The molecule has 0 spiro atoms. The van der Waals surface area contributed by atoms with E-state index in [2.05, 4.69) is 0 Å². The van der Waals surface area contributed by atoms with E-state index in [1.165, 1.54) is 0 Å². The Hall–Kier alpha value is -1.03. The number of aliphatic hydroxyl groups excluding tert-OH is 1. The lowest BCUT2D eigenvalue weighted by Gasteiger charge is -2.05. The third kappa shape index (κ3) is 2.73. The Morgan fingerprint density at radius 3 is 2.29 bits per heavy atom. The van der Waals surface area contributed by atoms with Crippen LogP contribution in [0.2, 0.25) is 0 Å². The molecule has 1 N–H and O–H groups in total. The van der Waals surface area contributed by atoms with Gasteiger partial charge in [0.05, 0.1) is 6.10 Å². The third-order valence-corrected chi connectivity index (χ3v) is 1.92. The zero-order chi connectivity index (χ0) is 10.7. The predicted molar refractivity (Wildman–Crippen MR) is 46.3 cm³/mol. The highest BCUT2D eigenvalue weighted by atomic mass is 19.2. The number of hydrogen-bond acceptors (Lipinski definition) is 1. The maximum absolute atomic E-state index is 13.0. The van der Waals surface area contributed by atoms with Crippen molar-refractivity contribution in [1.29, 1.82) is 0 Å². The second kappa shape index (κ2) is 4.46. The van der Waals surface area contributed by atoms with Gasteiger partial charge >= 0.3 is 0 Å². The van der Waals surface area contributed by atoms with Crippen molar-refractivity contribution in [1.82, 2.24) is 0 Å². The molecule has 14 heavy (non-hydrogen) atoms. The zero-order valence-corrected chi connectivity index (χ0v) is 7.73. The topological polar surface area (TPSA) is 20.2 Å². The van der Waals surface area contributed by atoms with Gasteiger partial charge in [-0.1, -0.05) is 0 Å². The van der Waals surface area contributed by atoms with E-state index in [0.717, 1.165) is 6.07 Å². The predicted octanol–water partition coefficient (Wildman–Crippen LogP) is 2.42. The molecule has 78 valence electrons. The summed E-state index contributed by atoms with van der Waals surface area (Å²) in [6.45, 7) is 1.55. The van der Waals surface area contributed by atoms with Gasteiger partial charge in [-0.25, -0.2) is 13.2 Å². The highest BCUT2D eigenvalue weighted by molar-refractivity contribution is 5.20. The van der Waals surface area contributed by atoms with E-state index in [9.17, 15) is 13.2 Å². The molecule has 1 atom stereocenters. The fourth-order valence-electron chi connectivity index (χ4n) is 1.12. The van der Waals surface area contributed by atoms with Crippen molar-refractivity contribution in [3.05, 3.63) is 35.1 Å². The van der Waals surface area contributed by atoms with E-state index < -0.39 is 23.6 Å². The number of halogens is 3. The van der Waals surface area contributed by atoms with Crippen LogP contribution in [-0.2, 0) is 6.42 Å². The molecule has 1 unspecified atom stereocenters. The second-order valence-electron chi connectivity index (χ2n) is 3.25. The van der Waals surface area contributed by atoms with Crippen LogP contribution in [0.25, 0.3) is 0 Å². The SMILES string of the molecule is CC(O)CCc1cc(F)c(F)cc1F. The molecule has 1 aromatic carbocycles. The number of hydrogen-bond donors (Lipinski definition) is 1. The molecule has 0 bridgehead atoms. The van der Waals surface area contributed by atoms with Gasteiger partial charge in [-0.15, -0.1) is 0 Å². The molecule has 1 nitrogen and oxygen atoms in total. The smallest absolute Gasteiger partial charge is 0.161 e. The first-order chi connectivity index (χ1) is 6.50. The van der Waals surface area contributed by atoms with E-state index in [1.807, 2.05) is 0 Å². The van der Waals surface area contributed by atoms with Gasteiger partial charge in [0.15, 0.2) is 11.6 Å². The Balaban J connectivity index is 2.82. The zero-order valence-electron chi connectivity index (χ0n) is 7.73. The van der Waals surface area contributed by atoms with Crippen molar-refractivity contribution in [3.8, 4) is 0 Å². The largest absolute Gasteiger partial charge is 0.393 e. The van der Waals surface area contributed by atoms with Crippen molar-refractivity contribution in [2.24, 2.45) is 0 Å². The summed E-state index contributed by atoms with van der Waals surface area (Å²) in [4.78, 5) is 0. The van der Waals surface area contributed by atoms with Crippen LogP contribution < -0.4 is 0 Å². The highest BCUT2D eigenvalue weighted by Crippen LogP contribution is 2.15. The molecule has 4 heteroatoms. The summed E-state index contributed by atoms with van der Waals surface area (Å²) in [6.07, 6.45) is -0.0644. The quantitative estimate of drug-likeness (QED) is 0.749. The Morgan fingerprint density at radius 1 is 1.14 bits per heavy atom. The van der Waals surface area contributed by atoms with Crippen molar-refractivity contribution in [3.63, 3.8) is 0 Å². The maximum Gasteiger partial charge on any atom is 0.161 e. The Labute approximate surface area is 80.2 Å². The first-order valence-electron chi connectivity index (χ1n) is 4.32. The number of aryl methyl sites for hydroxylation is 1. The minimum Gasteiger partial charge on any atom is -0.393 e. The second-order valence-corrected chi connectivity index (χ2v) is 3.25. The molecule has 0 amide bonds. The molecule has 0 aromatic heterocycles. The lowest BCUT2D eigenvalue weighted by Crippen LogP contribution is -2.03. The molecule has 0 saturated carbocycles. The van der Waals surface area contributed by atoms with E-state index >= 15 is 0 Å². The van der Waals surface area contributed by atoms with Crippen molar-refractivity contribution in [2.75, 3.05) is 0 Å². The molecule has 0 aliphatic heterocycles. The van der Waals surface area contributed by atoms with Gasteiger partial charge in [-0.05, 0) is 31.4 Å². The minimum atomic E-state index is -1.19. The van der Waals surface area contributed by atoms with Crippen LogP contribution >= 0.6 is 0 Å². The fraction of sp³-hybridized carbons (Fsp3) is 0.400. The molecule has 1 aromatic rings. The summed E-state index contributed by atoms with van der Waals surface area (Å²) in [6, 6.07) is 1.35. The Morgan fingerprint density at radius 2 is 1.71 bits per heavy atom. The molecule has 0 heterocycles. The van der Waals surface area contributed by atoms with Gasteiger partial charge in [-0.3, -0.25) is 0 Å². The summed E-state index contributed by atoms with van der Waals surface area (Å²) < 4.78 is 38.2. The van der Waals surface area contributed by atoms with Gasteiger partial charge in [0.2, 0.25) is 0 Å². The minimum absolute atomic E-state index is 0.0878. The van der Waals surface area contributed by atoms with Crippen LogP contribution in [-0.4, -0.2) is 11.2 Å². The number of rotatable bonds is 3. The lowest BCUT2D eigenvalue weighted by atomic mass is 10.1. The van der Waals surface area contributed by atoms with Gasteiger partial charge in [0.1, 0.15) is 5.82 Å². The average Bonchev–Trinajstić information content (AvgIpc) is 2.09. The average molecular weight is 204 g/mol. The highest BCUT2D eigenvalue weighted by Gasteiger charge is 2.10. The summed E-state index contributed by atoms with van der Waals surface area (Å²) in [5.41, 5.74) is 0.0878. The molecule has 0 aliphatic carbocycles. The van der Waals surface area contributed by atoms with Crippen LogP contribution in [0, 0.1) is 17.5 Å². The molecule has 0 radical (unpaired) electrons. The van der Waals surface area contributed by atoms with Crippen LogP contribution in [0.4, 0.5) is 13.2 Å². The van der Waals surface area contributed by atoms with Gasteiger partial charge in [0, 0.05) is 6.07 Å². The molecule has 0 aliphatic rings. The maximum atomic E-state index is 13.0. The molecular formula is C10H11F3O. The van der Waals surface area contributed by atoms with Gasteiger partial charge in [0.25, 0.3) is 0 Å². The number of benzene rings is 1. The van der Waals surface area contributed by atoms with Crippen LogP contribution in [0.3, 0.4) is 0 Å². The van der Waals surface area contributed by atoms with Crippen LogP contribution in [0.15, 0.2) is 12.1 Å².